The largest absolute Gasteiger partial charge is 0.502 e. The van der Waals surface area contributed by atoms with Gasteiger partial charge in [0.15, 0.2) is 5.75 Å². The first-order valence-corrected chi connectivity index (χ1v) is 3.76. The number of nitro groups is 2. The topological polar surface area (TPSA) is 147 Å². The van der Waals surface area contributed by atoms with Crippen LogP contribution < -0.4 is 0 Å². The van der Waals surface area contributed by atoms with Crippen molar-refractivity contribution in [3.8, 4) is 5.75 Å². The number of phenolic OH excluding ortho intramolecular Hbond substituents is 1. The van der Waals surface area contributed by atoms with Gasteiger partial charge in [-0.05, 0) is 6.92 Å². The Morgan fingerprint density at radius 1 is 1.12 bits per heavy atom. The minimum Gasteiger partial charge on any atom is -0.502 e. The number of nitro benzene ring substituents is 2. The van der Waals surface area contributed by atoms with Crippen molar-refractivity contribution in [2.75, 3.05) is 0 Å². The Morgan fingerprint density at radius 2 is 1.62 bits per heavy atom. The summed E-state index contributed by atoms with van der Waals surface area (Å²) >= 11 is 0. The first-order valence-electron chi connectivity index (χ1n) is 3.76. The lowest BCUT2D eigenvalue weighted by molar-refractivity contribution is -0.394. The van der Waals surface area contributed by atoms with Gasteiger partial charge in [-0.25, -0.2) is 0 Å². The van der Waals surface area contributed by atoms with Crippen molar-refractivity contribution in [3.05, 3.63) is 37.9 Å². The Morgan fingerprint density at radius 3 is 2.00 bits per heavy atom. The molecule has 0 bridgehead atoms. The Hall–Kier alpha value is -2.26. The molecule has 9 heteroatoms. The van der Waals surface area contributed by atoms with E-state index in [4.69, 9.17) is 10.5 Å². The van der Waals surface area contributed by atoms with E-state index in [0.717, 1.165) is 12.1 Å². The molecule has 9 nitrogen and oxygen atoms in total. The molecule has 0 atom stereocenters. The van der Waals surface area contributed by atoms with Crippen LogP contribution in [-0.2, 0) is 0 Å². The zero-order chi connectivity index (χ0) is 12.9. The van der Waals surface area contributed by atoms with E-state index in [9.17, 15) is 25.3 Å². The van der Waals surface area contributed by atoms with Crippen molar-refractivity contribution in [1.29, 1.82) is 0 Å². The minimum absolute atomic E-state index is 0.103. The molecule has 0 saturated heterocycles. The van der Waals surface area contributed by atoms with Crippen molar-refractivity contribution in [1.82, 2.24) is 0 Å². The number of hydrogen-bond donors (Lipinski definition) is 3. The molecule has 1 aromatic rings. The van der Waals surface area contributed by atoms with Gasteiger partial charge in [0.1, 0.15) is 0 Å². The fourth-order valence-corrected chi connectivity index (χ4v) is 0.987. The molecule has 0 aliphatic heterocycles. The van der Waals surface area contributed by atoms with E-state index in [0.29, 0.717) is 0 Å². The van der Waals surface area contributed by atoms with Crippen LogP contribution in [0.25, 0.3) is 0 Å². The number of benzene rings is 1. The molecule has 0 heterocycles. The van der Waals surface area contributed by atoms with Crippen LogP contribution in [0.1, 0.15) is 5.56 Å². The second-order valence-electron chi connectivity index (χ2n) is 2.64. The number of aromatic hydroxyl groups is 1. The maximum atomic E-state index is 10.4. The zero-order valence-electron chi connectivity index (χ0n) is 8.02. The van der Waals surface area contributed by atoms with E-state index < -0.39 is 27.0 Å². The Balaban J connectivity index is 0.00000106. The quantitative estimate of drug-likeness (QED) is 0.397. The molecule has 0 amide bonds. The maximum Gasteiger partial charge on any atom is 0.317 e. The van der Waals surface area contributed by atoms with Crippen molar-refractivity contribution in [2.24, 2.45) is 0 Å². The molecular formula is C7H8N2O7. The summed E-state index contributed by atoms with van der Waals surface area (Å²) < 4.78 is 0. The first kappa shape index (κ1) is 13.7. The van der Waals surface area contributed by atoms with Crippen LogP contribution in [0.5, 0.6) is 5.75 Å². The van der Waals surface area contributed by atoms with Crippen molar-refractivity contribution >= 4 is 11.4 Å². The summed E-state index contributed by atoms with van der Waals surface area (Å²) in [5.41, 5.74) is -0.963. The smallest absolute Gasteiger partial charge is 0.317 e. The first-order chi connectivity index (χ1) is 7.43. The number of phenols is 1. The maximum absolute atomic E-state index is 10.4. The Labute approximate surface area is 88.4 Å². The highest BCUT2D eigenvalue weighted by molar-refractivity contribution is 5.57. The molecule has 0 spiro atoms. The van der Waals surface area contributed by atoms with E-state index in [2.05, 4.69) is 0 Å². The molecule has 1 aromatic carbocycles. The van der Waals surface area contributed by atoms with E-state index >= 15 is 0 Å². The average molecular weight is 232 g/mol. The van der Waals surface area contributed by atoms with Gasteiger partial charge in [0.2, 0.25) is 0 Å². The normalized spacial score (nSPS) is 8.94. The third-order valence-electron chi connectivity index (χ3n) is 1.67. The fraction of sp³-hybridized carbons (Fsp3) is 0.143. The molecule has 0 fully saturated rings. The summed E-state index contributed by atoms with van der Waals surface area (Å²) in [6.07, 6.45) is 0. The SMILES string of the molecule is Cc1cc([N+](=O)[O-])cc([N+](=O)[O-])c1O.OO. The van der Waals surface area contributed by atoms with Gasteiger partial charge in [-0.3, -0.25) is 30.7 Å². The monoisotopic (exact) mass is 232 g/mol. The van der Waals surface area contributed by atoms with Crippen LogP contribution in [0.4, 0.5) is 11.4 Å². The van der Waals surface area contributed by atoms with Gasteiger partial charge in [0.05, 0.1) is 15.9 Å². The van der Waals surface area contributed by atoms with Crippen LogP contribution in [0.15, 0.2) is 12.1 Å². The van der Waals surface area contributed by atoms with Crippen molar-refractivity contribution in [2.45, 2.75) is 6.92 Å². The molecule has 0 aliphatic rings. The summed E-state index contributed by atoms with van der Waals surface area (Å²) in [6.45, 7) is 1.36. The molecule has 1 rings (SSSR count). The molecule has 16 heavy (non-hydrogen) atoms. The number of rotatable bonds is 2. The van der Waals surface area contributed by atoms with Gasteiger partial charge in [-0.2, -0.15) is 0 Å². The molecule has 0 unspecified atom stereocenters. The van der Waals surface area contributed by atoms with Gasteiger partial charge in [-0.1, -0.05) is 0 Å². The van der Waals surface area contributed by atoms with E-state index in [1.807, 2.05) is 0 Å². The molecular weight excluding hydrogens is 224 g/mol. The van der Waals surface area contributed by atoms with Crippen LogP contribution >= 0.6 is 0 Å². The van der Waals surface area contributed by atoms with Gasteiger partial charge >= 0.3 is 5.69 Å². The van der Waals surface area contributed by atoms with Crippen LogP contribution in [0.2, 0.25) is 0 Å². The lowest BCUT2D eigenvalue weighted by Crippen LogP contribution is -1.94. The average Bonchev–Trinajstić information content (AvgIpc) is 2.24. The zero-order valence-corrected chi connectivity index (χ0v) is 8.02. The molecule has 0 saturated carbocycles. The van der Waals surface area contributed by atoms with Gasteiger partial charge < -0.3 is 5.11 Å². The Kier molecular flexibility index (Phi) is 4.79. The Bertz CT molecular complexity index is 417. The van der Waals surface area contributed by atoms with Crippen molar-refractivity contribution < 1.29 is 25.5 Å². The predicted octanol–water partition coefficient (Wildman–Crippen LogP) is 1.53. The predicted molar refractivity (Wildman–Crippen MR) is 51.4 cm³/mol. The van der Waals surface area contributed by atoms with Gasteiger partial charge in [-0.15, -0.1) is 0 Å². The lowest BCUT2D eigenvalue weighted by Gasteiger charge is -1.99. The highest BCUT2D eigenvalue weighted by atomic mass is 17.0. The van der Waals surface area contributed by atoms with E-state index in [-0.39, 0.29) is 5.56 Å². The number of aryl methyl sites for hydroxylation is 1. The summed E-state index contributed by atoms with van der Waals surface area (Å²) in [4.78, 5) is 19.1. The van der Waals surface area contributed by atoms with E-state index in [1.165, 1.54) is 6.92 Å². The number of nitrogens with zero attached hydrogens (tertiary/aromatic N) is 2. The molecule has 0 aliphatic carbocycles. The third-order valence-corrected chi connectivity index (χ3v) is 1.67. The second-order valence-corrected chi connectivity index (χ2v) is 2.64. The lowest BCUT2D eigenvalue weighted by atomic mass is 10.1. The molecule has 88 valence electrons. The molecule has 3 N–H and O–H groups in total. The summed E-state index contributed by atoms with van der Waals surface area (Å²) in [6, 6.07) is 1.80. The molecule has 0 radical (unpaired) electrons. The van der Waals surface area contributed by atoms with Gasteiger partial charge in [0, 0.05) is 11.6 Å². The third kappa shape index (κ3) is 2.87. The van der Waals surface area contributed by atoms with Crippen LogP contribution in [-0.4, -0.2) is 25.5 Å². The van der Waals surface area contributed by atoms with E-state index in [1.54, 1.807) is 0 Å². The highest BCUT2D eigenvalue weighted by Crippen LogP contribution is 2.33. The second kappa shape index (κ2) is 5.58. The highest BCUT2D eigenvalue weighted by Gasteiger charge is 2.21. The summed E-state index contributed by atoms with van der Waals surface area (Å²) in [5.74, 6) is -0.541. The van der Waals surface area contributed by atoms with Crippen molar-refractivity contribution in [3.63, 3.8) is 0 Å². The van der Waals surface area contributed by atoms with Gasteiger partial charge in [0.25, 0.3) is 5.69 Å². The molecule has 0 aromatic heterocycles. The van der Waals surface area contributed by atoms with Crippen LogP contribution in [0, 0.1) is 27.2 Å². The number of non-ortho nitro benzene ring substituents is 1. The number of hydrogen-bond acceptors (Lipinski definition) is 7. The van der Waals surface area contributed by atoms with Crippen LogP contribution in [0.3, 0.4) is 0 Å². The fourth-order valence-electron chi connectivity index (χ4n) is 0.987. The summed E-state index contributed by atoms with van der Waals surface area (Å²) in [7, 11) is 0. The summed E-state index contributed by atoms with van der Waals surface area (Å²) in [5, 5.41) is 41.9. The minimum atomic E-state index is -0.866. The standard InChI is InChI=1S/C7H6N2O5.H2O2/c1-4-2-5(8(11)12)3-6(7(4)10)9(13)14;1-2/h2-3,10H,1H3;1-2H.